The molecule has 140 valence electrons. The van der Waals surface area contributed by atoms with Gasteiger partial charge in [-0.15, -0.1) is 0 Å². The van der Waals surface area contributed by atoms with E-state index < -0.39 is 0 Å². The number of anilines is 1. The quantitative estimate of drug-likeness (QED) is 0.844. The lowest BCUT2D eigenvalue weighted by Crippen LogP contribution is -2.44. The maximum Gasteiger partial charge on any atom is 0.254 e. The van der Waals surface area contributed by atoms with Gasteiger partial charge in [-0.05, 0) is 49.8 Å². The highest BCUT2D eigenvalue weighted by atomic mass is 16.5. The molecule has 0 radical (unpaired) electrons. The molecule has 0 saturated carbocycles. The van der Waals surface area contributed by atoms with E-state index in [0.29, 0.717) is 36.5 Å². The summed E-state index contributed by atoms with van der Waals surface area (Å²) in [7, 11) is 0. The van der Waals surface area contributed by atoms with E-state index in [1.54, 1.807) is 36.1 Å². The molecule has 5 nitrogen and oxygen atoms in total. The van der Waals surface area contributed by atoms with Crippen molar-refractivity contribution >= 4 is 23.6 Å². The van der Waals surface area contributed by atoms with Gasteiger partial charge in [-0.2, -0.15) is 0 Å². The smallest absolute Gasteiger partial charge is 0.254 e. The molecule has 0 aliphatic carbocycles. The number of rotatable bonds is 4. The molecule has 1 aliphatic rings. The van der Waals surface area contributed by atoms with Gasteiger partial charge in [0.25, 0.3) is 11.8 Å². The number of nitrogens with one attached hydrogen (secondary N) is 1. The van der Waals surface area contributed by atoms with Gasteiger partial charge in [0.1, 0.15) is 0 Å². The van der Waals surface area contributed by atoms with Gasteiger partial charge >= 0.3 is 0 Å². The highest BCUT2D eigenvalue weighted by Crippen LogP contribution is 2.15. The Morgan fingerprint density at radius 1 is 1.11 bits per heavy atom. The summed E-state index contributed by atoms with van der Waals surface area (Å²) in [5.74, 6) is -0.178. The van der Waals surface area contributed by atoms with Crippen LogP contribution in [0.2, 0.25) is 0 Å². The van der Waals surface area contributed by atoms with Gasteiger partial charge in [0.05, 0.1) is 12.7 Å². The Kier molecular flexibility index (Phi) is 6.04. The third kappa shape index (κ3) is 5.05. The van der Waals surface area contributed by atoms with Gasteiger partial charge in [0.15, 0.2) is 0 Å². The zero-order valence-corrected chi connectivity index (χ0v) is 15.6. The Balaban J connectivity index is 1.62. The molecule has 1 atom stereocenters. The van der Waals surface area contributed by atoms with Crippen LogP contribution in [0, 0.1) is 0 Å². The molecule has 0 aromatic heterocycles. The predicted octanol–water partition coefficient (Wildman–Crippen LogP) is 3.59. The summed E-state index contributed by atoms with van der Waals surface area (Å²) in [4.78, 5) is 26.7. The number of nitrogens with zero attached hydrogens (tertiary/aromatic N) is 1. The van der Waals surface area contributed by atoms with E-state index in [-0.39, 0.29) is 17.9 Å². The number of carbonyl (C=O) groups excluding carboxylic acids is 2. The molecular formula is C22H24N2O3. The number of ether oxygens (including phenoxy) is 1. The van der Waals surface area contributed by atoms with Gasteiger partial charge in [-0.3, -0.25) is 9.59 Å². The van der Waals surface area contributed by atoms with Crippen LogP contribution in [0.15, 0.2) is 60.2 Å². The lowest BCUT2D eigenvalue weighted by atomic mass is 10.1. The van der Waals surface area contributed by atoms with E-state index in [0.717, 1.165) is 5.56 Å². The number of amides is 2. The van der Waals surface area contributed by atoms with Crippen molar-refractivity contribution in [2.24, 2.45) is 0 Å². The molecule has 0 spiro atoms. The van der Waals surface area contributed by atoms with Crippen LogP contribution in [0.3, 0.4) is 0 Å². The minimum absolute atomic E-state index is 0.0109. The summed E-state index contributed by atoms with van der Waals surface area (Å²) in [6.45, 7) is 5.50. The fourth-order valence-electron chi connectivity index (χ4n) is 2.98. The first kappa shape index (κ1) is 18.9. The topological polar surface area (TPSA) is 58.6 Å². The number of hydrogen-bond acceptors (Lipinski definition) is 3. The Bertz CT molecular complexity index is 828. The zero-order chi connectivity index (χ0) is 19.2. The Morgan fingerprint density at radius 2 is 1.81 bits per heavy atom. The Morgan fingerprint density at radius 3 is 2.48 bits per heavy atom. The third-order valence-corrected chi connectivity index (χ3v) is 4.46. The Hall–Kier alpha value is -2.92. The third-order valence-electron chi connectivity index (χ3n) is 4.46. The molecule has 1 heterocycles. The summed E-state index contributed by atoms with van der Waals surface area (Å²) in [6, 6.07) is 16.7. The second kappa shape index (κ2) is 8.64. The first-order chi connectivity index (χ1) is 13.0. The lowest BCUT2D eigenvalue weighted by molar-refractivity contribution is -0.112. The summed E-state index contributed by atoms with van der Waals surface area (Å²) < 4.78 is 5.48. The molecule has 27 heavy (non-hydrogen) atoms. The van der Waals surface area contributed by atoms with Gasteiger partial charge in [-0.25, -0.2) is 0 Å². The van der Waals surface area contributed by atoms with Crippen LogP contribution in [0.1, 0.15) is 29.8 Å². The summed E-state index contributed by atoms with van der Waals surface area (Å²) in [5.41, 5.74) is 2.86. The fourth-order valence-corrected chi connectivity index (χ4v) is 2.98. The molecule has 1 saturated heterocycles. The van der Waals surface area contributed by atoms with Gasteiger partial charge in [0, 0.05) is 29.9 Å². The van der Waals surface area contributed by atoms with Crippen molar-refractivity contribution in [3.63, 3.8) is 0 Å². The number of carbonyl (C=O) groups is 2. The van der Waals surface area contributed by atoms with Crippen molar-refractivity contribution in [1.29, 1.82) is 0 Å². The van der Waals surface area contributed by atoms with Crippen molar-refractivity contribution in [2.45, 2.75) is 20.0 Å². The standard InChI is InChI=1S/C22H24N2O3/c1-16(14-18-6-4-3-5-7-18)21(25)23-20-10-8-19(9-11-20)22(26)24-12-13-27-17(2)15-24/h3-11,14,17H,12-13,15H2,1-2H3,(H,23,25)/b16-14+. The highest BCUT2D eigenvalue weighted by Gasteiger charge is 2.22. The second-order valence-corrected chi connectivity index (χ2v) is 6.70. The molecule has 0 bridgehead atoms. The van der Waals surface area contributed by atoms with Crippen LogP contribution in [0.4, 0.5) is 5.69 Å². The molecular weight excluding hydrogens is 340 g/mol. The van der Waals surface area contributed by atoms with E-state index in [9.17, 15) is 9.59 Å². The minimum atomic E-state index is -0.167. The molecule has 1 N–H and O–H groups in total. The van der Waals surface area contributed by atoms with Crippen LogP contribution in [-0.2, 0) is 9.53 Å². The van der Waals surface area contributed by atoms with Crippen molar-refractivity contribution < 1.29 is 14.3 Å². The van der Waals surface area contributed by atoms with Crippen LogP contribution in [-0.4, -0.2) is 42.5 Å². The molecule has 1 aliphatic heterocycles. The van der Waals surface area contributed by atoms with Crippen molar-refractivity contribution in [3.05, 3.63) is 71.3 Å². The van der Waals surface area contributed by atoms with E-state index in [1.165, 1.54) is 0 Å². The molecule has 5 heteroatoms. The van der Waals surface area contributed by atoms with Gasteiger partial charge in [-0.1, -0.05) is 30.3 Å². The average molecular weight is 364 g/mol. The molecule has 1 unspecified atom stereocenters. The number of benzene rings is 2. The maximum atomic E-state index is 12.6. The molecule has 2 aromatic carbocycles. The minimum Gasteiger partial charge on any atom is -0.375 e. The van der Waals surface area contributed by atoms with Gasteiger partial charge in [0.2, 0.25) is 0 Å². The zero-order valence-electron chi connectivity index (χ0n) is 15.6. The van der Waals surface area contributed by atoms with Crippen LogP contribution >= 0.6 is 0 Å². The first-order valence-corrected chi connectivity index (χ1v) is 9.08. The molecule has 1 fully saturated rings. The molecule has 3 rings (SSSR count). The van der Waals surface area contributed by atoms with E-state index in [1.807, 2.05) is 43.3 Å². The molecule has 2 amide bonds. The summed E-state index contributed by atoms with van der Waals surface area (Å²) in [5, 5.41) is 2.86. The second-order valence-electron chi connectivity index (χ2n) is 6.70. The SMILES string of the molecule is C/C(=C\c1ccccc1)C(=O)Nc1ccc(C(=O)N2CCOC(C)C2)cc1. The van der Waals surface area contributed by atoms with E-state index in [4.69, 9.17) is 4.74 Å². The first-order valence-electron chi connectivity index (χ1n) is 9.08. The average Bonchev–Trinajstić information content (AvgIpc) is 2.69. The van der Waals surface area contributed by atoms with E-state index in [2.05, 4.69) is 5.32 Å². The maximum absolute atomic E-state index is 12.6. The van der Waals surface area contributed by atoms with E-state index >= 15 is 0 Å². The molecule has 2 aromatic rings. The monoisotopic (exact) mass is 364 g/mol. The lowest BCUT2D eigenvalue weighted by Gasteiger charge is -2.31. The normalized spacial score (nSPS) is 17.5. The van der Waals surface area contributed by atoms with Gasteiger partial charge < -0.3 is 15.0 Å². The Labute approximate surface area is 159 Å². The number of hydrogen-bond donors (Lipinski definition) is 1. The number of morpholine rings is 1. The van der Waals surface area contributed by atoms with Crippen molar-refractivity contribution in [1.82, 2.24) is 4.90 Å². The highest BCUT2D eigenvalue weighted by molar-refractivity contribution is 6.06. The van der Waals surface area contributed by atoms with Crippen LogP contribution in [0.25, 0.3) is 6.08 Å². The van der Waals surface area contributed by atoms with Crippen LogP contribution in [0.5, 0.6) is 0 Å². The largest absolute Gasteiger partial charge is 0.375 e. The van der Waals surface area contributed by atoms with Crippen LogP contribution < -0.4 is 5.32 Å². The predicted molar refractivity (Wildman–Crippen MR) is 106 cm³/mol. The summed E-state index contributed by atoms with van der Waals surface area (Å²) >= 11 is 0. The van der Waals surface area contributed by atoms with Crippen molar-refractivity contribution in [3.8, 4) is 0 Å². The fraction of sp³-hybridized carbons (Fsp3) is 0.273. The van der Waals surface area contributed by atoms with Crippen molar-refractivity contribution in [2.75, 3.05) is 25.0 Å². The summed E-state index contributed by atoms with van der Waals surface area (Å²) in [6.07, 6.45) is 1.90.